The number of nitrogens with zero attached hydrogens (tertiary/aromatic N) is 2. The van der Waals surface area contributed by atoms with E-state index in [1.54, 1.807) is 11.3 Å². The molecule has 0 bridgehead atoms. The second-order valence-corrected chi connectivity index (χ2v) is 6.93. The maximum atomic E-state index is 4.52. The van der Waals surface area contributed by atoms with E-state index in [4.69, 9.17) is 0 Å². The topological polar surface area (TPSA) is 28.2 Å². The molecule has 102 valence electrons. The number of hydrogen-bond acceptors (Lipinski definition) is 4. The molecule has 1 fully saturated rings. The fraction of sp³-hybridized carbons (Fsp3) is 0.533. The van der Waals surface area contributed by atoms with E-state index in [1.165, 1.54) is 10.3 Å². The highest BCUT2D eigenvalue weighted by molar-refractivity contribution is 7.18. The lowest BCUT2D eigenvalue weighted by molar-refractivity contribution is 0.166. The summed E-state index contributed by atoms with van der Waals surface area (Å²) in [5, 5.41) is 4.73. The van der Waals surface area contributed by atoms with Crippen LogP contribution in [0.15, 0.2) is 18.2 Å². The molecule has 1 saturated heterocycles. The van der Waals surface area contributed by atoms with Crippen molar-refractivity contribution < 1.29 is 0 Å². The summed E-state index contributed by atoms with van der Waals surface area (Å²) in [7, 11) is 0. The zero-order valence-corrected chi connectivity index (χ0v) is 12.6. The molecule has 1 aliphatic rings. The zero-order chi connectivity index (χ0) is 13.4. The molecule has 3 rings (SSSR count). The fourth-order valence-electron chi connectivity index (χ4n) is 3.01. The van der Waals surface area contributed by atoms with E-state index in [2.05, 4.69) is 54.2 Å². The molecule has 19 heavy (non-hydrogen) atoms. The summed E-state index contributed by atoms with van der Waals surface area (Å²) in [5.74, 6) is 0. The first-order valence-corrected chi connectivity index (χ1v) is 7.76. The molecule has 1 aliphatic heterocycles. The van der Waals surface area contributed by atoms with E-state index in [0.717, 1.165) is 30.2 Å². The van der Waals surface area contributed by atoms with Gasteiger partial charge in [0.15, 0.2) is 0 Å². The van der Waals surface area contributed by atoms with Crippen molar-refractivity contribution in [2.75, 3.05) is 13.1 Å². The molecule has 0 aliphatic carbocycles. The maximum absolute atomic E-state index is 4.52. The van der Waals surface area contributed by atoms with E-state index in [1.807, 2.05) is 0 Å². The minimum Gasteiger partial charge on any atom is -0.309 e. The molecule has 0 spiro atoms. The highest BCUT2D eigenvalue weighted by Crippen LogP contribution is 2.23. The smallest absolute Gasteiger partial charge is 0.0907 e. The van der Waals surface area contributed by atoms with Gasteiger partial charge in [0.05, 0.1) is 15.2 Å². The number of hydrogen-bond donors (Lipinski definition) is 1. The predicted octanol–water partition coefficient (Wildman–Crippen LogP) is 2.79. The van der Waals surface area contributed by atoms with Gasteiger partial charge in [-0.25, -0.2) is 4.98 Å². The third-order valence-corrected chi connectivity index (χ3v) is 4.53. The summed E-state index contributed by atoms with van der Waals surface area (Å²) >= 11 is 1.79. The number of aryl methyl sites for hydroxylation is 1. The lowest BCUT2D eigenvalue weighted by Gasteiger charge is -2.36. The predicted molar refractivity (Wildman–Crippen MR) is 81.7 cm³/mol. The van der Waals surface area contributed by atoms with Crippen molar-refractivity contribution in [1.29, 1.82) is 0 Å². The Morgan fingerprint density at radius 3 is 2.79 bits per heavy atom. The van der Waals surface area contributed by atoms with Gasteiger partial charge in [-0.2, -0.15) is 0 Å². The summed E-state index contributed by atoms with van der Waals surface area (Å²) in [6.45, 7) is 9.90. The Morgan fingerprint density at radius 2 is 2.05 bits per heavy atom. The average Bonchev–Trinajstić information content (AvgIpc) is 2.67. The van der Waals surface area contributed by atoms with Gasteiger partial charge >= 0.3 is 0 Å². The van der Waals surface area contributed by atoms with Gasteiger partial charge < -0.3 is 5.32 Å². The van der Waals surface area contributed by atoms with Crippen LogP contribution in [-0.4, -0.2) is 35.1 Å². The summed E-state index contributed by atoms with van der Waals surface area (Å²) in [6, 6.07) is 7.84. The molecule has 0 saturated carbocycles. The van der Waals surface area contributed by atoms with Crippen molar-refractivity contribution in [3.8, 4) is 0 Å². The Balaban J connectivity index is 1.77. The van der Waals surface area contributed by atoms with Gasteiger partial charge in [0, 0.05) is 31.7 Å². The number of nitrogens with one attached hydrogen (secondary N) is 1. The van der Waals surface area contributed by atoms with Crippen LogP contribution in [0.25, 0.3) is 10.2 Å². The molecule has 3 nitrogen and oxygen atoms in total. The summed E-state index contributed by atoms with van der Waals surface area (Å²) in [6.07, 6.45) is 0. The Bertz CT molecular complexity index is 568. The van der Waals surface area contributed by atoms with E-state index in [-0.39, 0.29) is 0 Å². The normalized spacial score (nSPS) is 25.0. The van der Waals surface area contributed by atoms with E-state index < -0.39 is 0 Å². The van der Waals surface area contributed by atoms with Gasteiger partial charge in [0.2, 0.25) is 0 Å². The van der Waals surface area contributed by atoms with Gasteiger partial charge in [-0.05, 0) is 38.5 Å². The van der Waals surface area contributed by atoms with Gasteiger partial charge in [-0.1, -0.05) is 6.07 Å². The van der Waals surface area contributed by atoms with Crippen LogP contribution in [-0.2, 0) is 6.54 Å². The zero-order valence-electron chi connectivity index (χ0n) is 11.8. The SMILES string of the molecule is Cc1nc2ccc(CN3CC(C)NC(C)C3)cc2s1. The third-order valence-electron chi connectivity index (χ3n) is 3.60. The minimum atomic E-state index is 0.582. The Kier molecular flexibility index (Phi) is 3.56. The molecule has 2 atom stereocenters. The highest BCUT2D eigenvalue weighted by atomic mass is 32.1. The van der Waals surface area contributed by atoms with Crippen molar-refractivity contribution in [1.82, 2.24) is 15.2 Å². The standard InChI is InChI=1S/C15H21N3S/c1-10-7-18(8-11(2)16-10)9-13-4-5-14-15(6-13)19-12(3)17-14/h4-6,10-11,16H,7-9H2,1-3H3. The van der Waals surface area contributed by atoms with Crippen molar-refractivity contribution in [3.63, 3.8) is 0 Å². The van der Waals surface area contributed by atoms with E-state index >= 15 is 0 Å². The van der Waals surface area contributed by atoms with Crippen molar-refractivity contribution in [2.24, 2.45) is 0 Å². The minimum absolute atomic E-state index is 0.582. The number of thiazole rings is 1. The maximum Gasteiger partial charge on any atom is 0.0907 e. The van der Waals surface area contributed by atoms with Crippen molar-refractivity contribution >= 4 is 21.6 Å². The number of rotatable bonds is 2. The highest BCUT2D eigenvalue weighted by Gasteiger charge is 2.20. The first-order valence-electron chi connectivity index (χ1n) is 6.94. The van der Waals surface area contributed by atoms with Gasteiger partial charge in [0.25, 0.3) is 0 Å². The molecule has 1 N–H and O–H groups in total. The Hall–Kier alpha value is -0.970. The largest absolute Gasteiger partial charge is 0.309 e. The molecule has 2 heterocycles. The lowest BCUT2D eigenvalue weighted by atomic mass is 10.1. The number of piperazine rings is 1. The number of benzene rings is 1. The van der Waals surface area contributed by atoms with Crippen LogP contribution >= 0.6 is 11.3 Å². The summed E-state index contributed by atoms with van der Waals surface area (Å²) in [4.78, 5) is 7.06. The molecule has 1 aromatic carbocycles. The number of aromatic nitrogens is 1. The first kappa shape index (κ1) is 13.0. The fourth-order valence-corrected chi connectivity index (χ4v) is 3.90. The monoisotopic (exact) mass is 275 g/mol. The quantitative estimate of drug-likeness (QED) is 0.913. The summed E-state index contributed by atoms with van der Waals surface area (Å²) < 4.78 is 1.31. The average molecular weight is 275 g/mol. The van der Waals surface area contributed by atoms with Crippen LogP contribution < -0.4 is 5.32 Å². The molecule has 0 amide bonds. The van der Waals surface area contributed by atoms with Crippen molar-refractivity contribution in [2.45, 2.75) is 39.4 Å². The van der Waals surface area contributed by atoms with Gasteiger partial charge in [0.1, 0.15) is 0 Å². The third kappa shape index (κ3) is 2.96. The van der Waals surface area contributed by atoms with E-state index in [0.29, 0.717) is 12.1 Å². The molecule has 2 aromatic rings. The van der Waals surface area contributed by atoms with Crippen LogP contribution in [0.4, 0.5) is 0 Å². The molecule has 0 radical (unpaired) electrons. The van der Waals surface area contributed by atoms with Crippen LogP contribution in [0.1, 0.15) is 24.4 Å². The molecule has 4 heteroatoms. The van der Waals surface area contributed by atoms with Crippen LogP contribution in [0.5, 0.6) is 0 Å². The molecular formula is C15H21N3S. The lowest BCUT2D eigenvalue weighted by Crippen LogP contribution is -2.53. The van der Waals surface area contributed by atoms with Gasteiger partial charge in [-0.3, -0.25) is 4.90 Å². The second kappa shape index (κ2) is 5.19. The molecule has 1 aromatic heterocycles. The first-order chi connectivity index (χ1) is 9.10. The van der Waals surface area contributed by atoms with Crippen LogP contribution in [0.3, 0.4) is 0 Å². The van der Waals surface area contributed by atoms with Gasteiger partial charge in [-0.15, -0.1) is 11.3 Å². The second-order valence-electron chi connectivity index (χ2n) is 5.70. The Morgan fingerprint density at radius 1 is 1.32 bits per heavy atom. The number of fused-ring (bicyclic) bond motifs is 1. The Labute approximate surface area is 118 Å². The van der Waals surface area contributed by atoms with Crippen molar-refractivity contribution in [3.05, 3.63) is 28.8 Å². The molecule has 2 unspecified atom stereocenters. The van der Waals surface area contributed by atoms with Crippen LogP contribution in [0.2, 0.25) is 0 Å². The van der Waals surface area contributed by atoms with Crippen LogP contribution in [0, 0.1) is 6.92 Å². The molecular weight excluding hydrogens is 254 g/mol. The van der Waals surface area contributed by atoms with E-state index in [9.17, 15) is 0 Å². The summed E-state index contributed by atoms with van der Waals surface area (Å²) in [5.41, 5.74) is 2.53.